The number of fused-ring (bicyclic) bond motifs is 1. The summed E-state index contributed by atoms with van der Waals surface area (Å²) in [5.74, 6) is 1.81. The van der Waals surface area contributed by atoms with Crippen molar-refractivity contribution in [3.63, 3.8) is 0 Å². The first-order valence-electron chi connectivity index (χ1n) is 11.9. The Balaban J connectivity index is 1.55. The van der Waals surface area contributed by atoms with Crippen molar-refractivity contribution in [2.45, 2.75) is 6.42 Å². The Kier molecular flexibility index (Phi) is 6.84. The van der Waals surface area contributed by atoms with Gasteiger partial charge in [0.25, 0.3) is 0 Å². The summed E-state index contributed by atoms with van der Waals surface area (Å²) < 4.78 is 5.55. The molecule has 0 amide bonds. The lowest BCUT2D eigenvalue weighted by atomic mass is 9.99. The minimum Gasteiger partial charge on any atom is -0.378 e. The molecular formula is C27H29N7O2. The van der Waals surface area contributed by atoms with Crippen molar-refractivity contribution < 1.29 is 9.53 Å². The summed E-state index contributed by atoms with van der Waals surface area (Å²) in [5, 5.41) is 0.970. The molecule has 0 saturated carbocycles. The maximum Gasteiger partial charge on any atom is 0.219 e. The van der Waals surface area contributed by atoms with Crippen LogP contribution in [0.4, 0.5) is 11.8 Å². The van der Waals surface area contributed by atoms with Crippen LogP contribution in [0.2, 0.25) is 0 Å². The number of carbonyl (C=O) groups is 1. The Morgan fingerprint density at radius 3 is 2.50 bits per heavy atom. The Bertz CT molecular complexity index is 1380. The molecule has 2 aromatic carbocycles. The van der Waals surface area contributed by atoms with Crippen LogP contribution in [0.3, 0.4) is 0 Å². The normalized spacial score (nSPS) is 13.9. The van der Waals surface area contributed by atoms with E-state index in [2.05, 4.69) is 45.2 Å². The first-order valence-corrected chi connectivity index (χ1v) is 11.9. The van der Waals surface area contributed by atoms with Gasteiger partial charge in [-0.15, -0.1) is 0 Å². The highest BCUT2D eigenvalue weighted by atomic mass is 16.5. The Labute approximate surface area is 210 Å². The zero-order valence-electron chi connectivity index (χ0n) is 20.5. The van der Waals surface area contributed by atoms with Crippen molar-refractivity contribution in [3.05, 3.63) is 60.4 Å². The molecule has 36 heavy (non-hydrogen) atoms. The summed E-state index contributed by atoms with van der Waals surface area (Å²) in [6.07, 6.45) is 3.69. The van der Waals surface area contributed by atoms with Crippen LogP contribution >= 0.6 is 0 Å². The van der Waals surface area contributed by atoms with Gasteiger partial charge in [-0.25, -0.2) is 19.9 Å². The molecule has 3 heterocycles. The SMILES string of the molecule is CN(C)CC(=O)Cc1cccc(-c2ccc3c(N4CCOCC4)nc(-c4cnc(N)nc4)nc3c2)c1. The van der Waals surface area contributed by atoms with Gasteiger partial charge in [-0.1, -0.05) is 30.3 Å². The maximum atomic E-state index is 12.3. The Morgan fingerprint density at radius 1 is 1.00 bits per heavy atom. The van der Waals surface area contributed by atoms with Crippen LogP contribution in [-0.4, -0.2) is 77.6 Å². The van der Waals surface area contributed by atoms with Gasteiger partial charge in [0.05, 0.1) is 30.8 Å². The number of carbonyl (C=O) groups excluding carboxylic acids is 1. The lowest BCUT2D eigenvalue weighted by Crippen LogP contribution is -2.37. The van der Waals surface area contributed by atoms with Crippen molar-refractivity contribution in [1.82, 2.24) is 24.8 Å². The number of hydrogen-bond acceptors (Lipinski definition) is 9. The fourth-order valence-electron chi connectivity index (χ4n) is 4.39. The van der Waals surface area contributed by atoms with E-state index in [1.807, 2.05) is 31.1 Å². The van der Waals surface area contributed by atoms with E-state index in [-0.39, 0.29) is 11.7 Å². The number of ether oxygens (including phenoxy) is 1. The molecule has 1 aliphatic heterocycles. The molecule has 0 bridgehead atoms. The van der Waals surface area contributed by atoms with E-state index in [1.165, 1.54) is 0 Å². The summed E-state index contributed by atoms with van der Waals surface area (Å²) in [6, 6.07) is 14.4. The molecule has 0 spiro atoms. The second-order valence-corrected chi connectivity index (χ2v) is 9.19. The van der Waals surface area contributed by atoms with Crippen molar-refractivity contribution in [3.8, 4) is 22.5 Å². The molecule has 0 unspecified atom stereocenters. The summed E-state index contributed by atoms with van der Waals surface area (Å²) in [6.45, 7) is 3.26. The number of Topliss-reactive ketones (excluding diaryl/α,β-unsaturated/α-hetero) is 1. The van der Waals surface area contributed by atoms with Crippen LogP contribution in [0.25, 0.3) is 33.4 Å². The van der Waals surface area contributed by atoms with Gasteiger partial charge < -0.3 is 20.3 Å². The number of nitrogen functional groups attached to an aromatic ring is 1. The average molecular weight is 484 g/mol. The summed E-state index contributed by atoms with van der Waals surface area (Å²) in [7, 11) is 3.81. The first kappa shape index (κ1) is 23.8. The van der Waals surface area contributed by atoms with Crippen LogP contribution in [-0.2, 0) is 16.0 Å². The molecule has 9 nitrogen and oxygen atoms in total. The van der Waals surface area contributed by atoms with Crippen LogP contribution in [0.15, 0.2) is 54.9 Å². The molecule has 5 rings (SSSR count). The number of hydrogen-bond donors (Lipinski definition) is 1. The average Bonchev–Trinajstić information content (AvgIpc) is 2.88. The second-order valence-electron chi connectivity index (χ2n) is 9.19. The number of rotatable bonds is 7. The monoisotopic (exact) mass is 483 g/mol. The lowest BCUT2D eigenvalue weighted by Gasteiger charge is -2.29. The van der Waals surface area contributed by atoms with E-state index in [9.17, 15) is 4.79 Å². The van der Waals surface area contributed by atoms with Gasteiger partial charge in [-0.3, -0.25) is 4.79 Å². The summed E-state index contributed by atoms with van der Waals surface area (Å²) >= 11 is 0. The molecule has 1 saturated heterocycles. The smallest absolute Gasteiger partial charge is 0.219 e. The van der Waals surface area contributed by atoms with Gasteiger partial charge in [0.2, 0.25) is 5.95 Å². The highest BCUT2D eigenvalue weighted by molar-refractivity contribution is 5.94. The highest BCUT2D eigenvalue weighted by Crippen LogP contribution is 2.31. The Morgan fingerprint density at radius 2 is 1.75 bits per heavy atom. The van der Waals surface area contributed by atoms with Crippen LogP contribution in [0.5, 0.6) is 0 Å². The van der Waals surface area contributed by atoms with Crippen molar-refractivity contribution >= 4 is 28.5 Å². The minimum atomic E-state index is 0.189. The maximum absolute atomic E-state index is 12.3. The van der Waals surface area contributed by atoms with E-state index in [0.29, 0.717) is 37.6 Å². The van der Waals surface area contributed by atoms with E-state index in [0.717, 1.165) is 46.5 Å². The first-order chi connectivity index (χ1) is 17.5. The molecule has 2 N–H and O–H groups in total. The molecular weight excluding hydrogens is 454 g/mol. The molecule has 1 aliphatic rings. The third-order valence-corrected chi connectivity index (χ3v) is 6.07. The number of likely N-dealkylation sites (N-methyl/N-ethyl adjacent to an activating group) is 1. The predicted molar refractivity (Wildman–Crippen MR) is 141 cm³/mol. The number of benzene rings is 2. The molecule has 1 fully saturated rings. The molecule has 0 atom stereocenters. The van der Waals surface area contributed by atoms with Gasteiger partial charge in [-0.05, 0) is 42.9 Å². The van der Waals surface area contributed by atoms with E-state index < -0.39 is 0 Å². The van der Waals surface area contributed by atoms with Crippen molar-refractivity contribution in [2.24, 2.45) is 0 Å². The Hall–Kier alpha value is -3.95. The van der Waals surface area contributed by atoms with Gasteiger partial charge in [0, 0.05) is 37.3 Å². The van der Waals surface area contributed by atoms with Crippen LogP contribution in [0, 0.1) is 0 Å². The van der Waals surface area contributed by atoms with Crippen LogP contribution in [0.1, 0.15) is 5.56 Å². The fourth-order valence-corrected chi connectivity index (χ4v) is 4.39. The van der Waals surface area contributed by atoms with E-state index in [4.69, 9.17) is 20.4 Å². The van der Waals surface area contributed by atoms with E-state index in [1.54, 1.807) is 12.4 Å². The van der Waals surface area contributed by atoms with Gasteiger partial charge in [0.15, 0.2) is 11.6 Å². The molecule has 4 aromatic rings. The van der Waals surface area contributed by atoms with Gasteiger partial charge in [-0.2, -0.15) is 0 Å². The number of nitrogens with two attached hydrogens (primary N) is 1. The molecule has 9 heteroatoms. The number of aromatic nitrogens is 4. The molecule has 184 valence electrons. The topological polar surface area (TPSA) is 110 Å². The third-order valence-electron chi connectivity index (χ3n) is 6.07. The lowest BCUT2D eigenvalue weighted by molar-refractivity contribution is -0.119. The van der Waals surface area contributed by atoms with Crippen molar-refractivity contribution in [2.75, 3.05) is 57.6 Å². The fraction of sp³-hybridized carbons (Fsp3) is 0.296. The van der Waals surface area contributed by atoms with Gasteiger partial charge >= 0.3 is 0 Å². The van der Waals surface area contributed by atoms with Crippen molar-refractivity contribution in [1.29, 1.82) is 0 Å². The number of nitrogens with zero attached hydrogens (tertiary/aromatic N) is 6. The second kappa shape index (κ2) is 10.3. The molecule has 0 aliphatic carbocycles. The minimum absolute atomic E-state index is 0.189. The highest BCUT2D eigenvalue weighted by Gasteiger charge is 2.19. The summed E-state index contributed by atoms with van der Waals surface area (Å²) in [5.41, 5.74) is 10.3. The number of morpholine rings is 1. The quantitative estimate of drug-likeness (QED) is 0.424. The number of anilines is 2. The zero-order valence-corrected chi connectivity index (χ0v) is 20.5. The largest absolute Gasteiger partial charge is 0.378 e. The third kappa shape index (κ3) is 5.32. The standard InChI is InChI=1S/C27H29N7O2/c1-33(2)17-22(35)13-18-4-3-5-19(12-18)20-6-7-23-24(14-20)31-25(21-15-29-27(28)30-16-21)32-26(23)34-8-10-36-11-9-34/h3-7,12,14-16H,8-11,13,17H2,1-2H3,(H2,28,29,30). The predicted octanol–water partition coefficient (Wildman–Crippen LogP) is 2.85. The molecule has 0 radical (unpaired) electrons. The van der Waals surface area contributed by atoms with Crippen LogP contribution < -0.4 is 10.6 Å². The van der Waals surface area contributed by atoms with Gasteiger partial charge in [0.1, 0.15) is 5.82 Å². The summed E-state index contributed by atoms with van der Waals surface area (Å²) in [4.78, 5) is 34.5. The molecule has 2 aromatic heterocycles. The van der Waals surface area contributed by atoms with E-state index >= 15 is 0 Å². The zero-order chi connectivity index (χ0) is 25.1. The number of ketones is 1.